The third kappa shape index (κ3) is 5.19. The minimum atomic E-state index is -0.392. The van der Waals surface area contributed by atoms with Crippen LogP contribution in [-0.2, 0) is 0 Å². The average Bonchev–Trinajstić information content (AvgIpc) is 2.33. The predicted molar refractivity (Wildman–Crippen MR) is 77.9 cm³/mol. The van der Waals surface area contributed by atoms with Crippen LogP contribution in [0.5, 0.6) is 0 Å². The molecule has 0 amide bonds. The van der Waals surface area contributed by atoms with E-state index in [0.717, 1.165) is 12.1 Å². The molecule has 0 aliphatic rings. The van der Waals surface area contributed by atoms with E-state index >= 15 is 0 Å². The summed E-state index contributed by atoms with van der Waals surface area (Å²) >= 11 is 0. The fourth-order valence-electron chi connectivity index (χ4n) is 2.23. The molecule has 1 aromatic rings. The van der Waals surface area contributed by atoms with E-state index in [9.17, 15) is 5.11 Å². The molecule has 0 saturated carbocycles. The Hall–Kier alpha value is -0.860. The van der Waals surface area contributed by atoms with Crippen molar-refractivity contribution in [1.29, 1.82) is 0 Å². The third-order valence-electron chi connectivity index (χ3n) is 3.33. The van der Waals surface area contributed by atoms with Gasteiger partial charge < -0.3 is 10.4 Å². The normalized spacial score (nSPS) is 12.7. The fourth-order valence-corrected chi connectivity index (χ4v) is 2.23. The Morgan fingerprint density at radius 3 is 2.61 bits per heavy atom. The van der Waals surface area contributed by atoms with E-state index in [1.807, 2.05) is 6.07 Å². The van der Waals surface area contributed by atoms with Crippen LogP contribution in [-0.4, -0.2) is 18.2 Å². The molecule has 0 aromatic heterocycles. The quantitative estimate of drug-likeness (QED) is 0.691. The molecule has 0 bridgehead atoms. The van der Waals surface area contributed by atoms with E-state index in [-0.39, 0.29) is 0 Å². The van der Waals surface area contributed by atoms with Gasteiger partial charge in [0.1, 0.15) is 0 Å². The second-order valence-electron chi connectivity index (χ2n) is 5.14. The van der Waals surface area contributed by atoms with E-state index in [4.69, 9.17) is 0 Å². The zero-order chi connectivity index (χ0) is 13.4. The molecule has 2 heteroatoms. The van der Waals surface area contributed by atoms with Gasteiger partial charge in [-0.3, -0.25) is 0 Å². The van der Waals surface area contributed by atoms with Gasteiger partial charge in [0.2, 0.25) is 0 Å². The SMILES string of the molecule is CCCCCCNCC(O)c1ccc(C)cc1C. The number of aliphatic hydroxyl groups excluding tert-OH is 1. The Bertz CT molecular complexity index is 349. The first-order chi connectivity index (χ1) is 8.65. The van der Waals surface area contributed by atoms with Gasteiger partial charge in [0.05, 0.1) is 6.10 Å². The number of unbranched alkanes of at least 4 members (excludes halogenated alkanes) is 3. The molecule has 0 aliphatic heterocycles. The van der Waals surface area contributed by atoms with E-state index in [2.05, 4.69) is 38.2 Å². The van der Waals surface area contributed by atoms with E-state index in [1.54, 1.807) is 0 Å². The standard InChI is InChI=1S/C16H27NO/c1-4-5-6-7-10-17-12-16(18)15-9-8-13(2)11-14(15)3/h8-9,11,16-18H,4-7,10,12H2,1-3H3. The van der Waals surface area contributed by atoms with Crippen LogP contribution in [0.3, 0.4) is 0 Å². The molecule has 1 unspecified atom stereocenters. The number of aryl methyl sites for hydroxylation is 2. The highest BCUT2D eigenvalue weighted by molar-refractivity contribution is 5.32. The van der Waals surface area contributed by atoms with Crippen LogP contribution in [0.1, 0.15) is 55.4 Å². The molecule has 1 aromatic carbocycles. The van der Waals surface area contributed by atoms with Crippen molar-refractivity contribution < 1.29 is 5.11 Å². The van der Waals surface area contributed by atoms with Crippen LogP contribution >= 0.6 is 0 Å². The van der Waals surface area contributed by atoms with Crippen LogP contribution < -0.4 is 5.32 Å². The van der Waals surface area contributed by atoms with E-state index in [0.29, 0.717) is 6.54 Å². The van der Waals surface area contributed by atoms with Crippen LogP contribution in [0, 0.1) is 13.8 Å². The summed E-state index contributed by atoms with van der Waals surface area (Å²) in [5.41, 5.74) is 3.47. The highest BCUT2D eigenvalue weighted by Crippen LogP contribution is 2.18. The Morgan fingerprint density at radius 2 is 1.94 bits per heavy atom. The maximum atomic E-state index is 10.1. The summed E-state index contributed by atoms with van der Waals surface area (Å²) in [5, 5.41) is 13.5. The van der Waals surface area contributed by atoms with Gasteiger partial charge in [-0.15, -0.1) is 0 Å². The zero-order valence-corrected chi connectivity index (χ0v) is 12.0. The number of benzene rings is 1. The Morgan fingerprint density at radius 1 is 1.17 bits per heavy atom. The van der Waals surface area contributed by atoms with Crippen molar-refractivity contribution in [1.82, 2.24) is 5.32 Å². The van der Waals surface area contributed by atoms with Gasteiger partial charge in [-0.25, -0.2) is 0 Å². The lowest BCUT2D eigenvalue weighted by atomic mass is 10.0. The second-order valence-corrected chi connectivity index (χ2v) is 5.14. The first-order valence-corrected chi connectivity index (χ1v) is 7.11. The molecule has 18 heavy (non-hydrogen) atoms. The van der Waals surface area contributed by atoms with E-state index < -0.39 is 6.10 Å². The second kappa shape index (κ2) is 8.28. The molecule has 0 saturated heterocycles. The minimum Gasteiger partial charge on any atom is -0.387 e. The minimum absolute atomic E-state index is 0.392. The summed E-state index contributed by atoms with van der Waals surface area (Å²) in [5.74, 6) is 0. The topological polar surface area (TPSA) is 32.3 Å². The summed E-state index contributed by atoms with van der Waals surface area (Å²) in [6.07, 6.45) is 4.67. The maximum Gasteiger partial charge on any atom is 0.0916 e. The van der Waals surface area contributed by atoms with E-state index in [1.165, 1.54) is 36.8 Å². The summed E-state index contributed by atoms with van der Waals surface area (Å²) in [7, 11) is 0. The summed E-state index contributed by atoms with van der Waals surface area (Å²) in [4.78, 5) is 0. The molecule has 0 fully saturated rings. The molecule has 0 radical (unpaired) electrons. The molecule has 0 aliphatic carbocycles. The van der Waals surface area contributed by atoms with Crippen LogP contribution in [0.25, 0.3) is 0 Å². The number of nitrogens with one attached hydrogen (secondary N) is 1. The molecule has 1 atom stereocenters. The molecular weight excluding hydrogens is 222 g/mol. The molecule has 2 nitrogen and oxygen atoms in total. The lowest BCUT2D eigenvalue weighted by Gasteiger charge is -2.15. The number of aliphatic hydroxyl groups is 1. The van der Waals surface area contributed by atoms with Crippen molar-refractivity contribution >= 4 is 0 Å². The Labute approximate surface area is 111 Å². The monoisotopic (exact) mass is 249 g/mol. The molecular formula is C16H27NO. The van der Waals surface area contributed by atoms with Gasteiger partial charge in [-0.2, -0.15) is 0 Å². The van der Waals surface area contributed by atoms with Gasteiger partial charge in [0, 0.05) is 6.54 Å². The number of hydrogen-bond acceptors (Lipinski definition) is 2. The van der Waals surface area contributed by atoms with Gasteiger partial charge >= 0.3 is 0 Å². The van der Waals surface area contributed by atoms with Crippen LogP contribution in [0.4, 0.5) is 0 Å². The molecule has 1 rings (SSSR count). The smallest absolute Gasteiger partial charge is 0.0916 e. The zero-order valence-electron chi connectivity index (χ0n) is 12.0. The van der Waals surface area contributed by atoms with Crippen molar-refractivity contribution in [3.05, 3.63) is 34.9 Å². The number of rotatable bonds is 8. The number of hydrogen-bond donors (Lipinski definition) is 2. The van der Waals surface area contributed by atoms with Crippen molar-refractivity contribution in [3.63, 3.8) is 0 Å². The summed E-state index contributed by atoms with van der Waals surface area (Å²) in [6.45, 7) is 8.01. The van der Waals surface area contributed by atoms with Crippen LogP contribution in [0.15, 0.2) is 18.2 Å². The lowest BCUT2D eigenvalue weighted by Crippen LogP contribution is -2.23. The molecule has 0 spiro atoms. The fraction of sp³-hybridized carbons (Fsp3) is 0.625. The van der Waals surface area contributed by atoms with Crippen molar-refractivity contribution in [2.45, 2.75) is 52.6 Å². The molecule has 0 heterocycles. The highest BCUT2D eigenvalue weighted by atomic mass is 16.3. The predicted octanol–water partition coefficient (Wildman–Crippen LogP) is 3.51. The van der Waals surface area contributed by atoms with Gasteiger partial charge in [0.15, 0.2) is 0 Å². The molecule has 2 N–H and O–H groups in total. The first kappa shape index (κ1) is 15.2. The van der Waals surface area contributed by atoms with Crippen molar-refractivity contribution in [2.75, 3.05) is 13.1 Å². The van der Waals surface area contributed by atoms with Gasteiger partial charge in [-0.05, 0) is 37.9 Å². The van der Waals surface area contributed by atoms with Crippen molar-refractivity contribution in [3.8, 4) is 0 Å². The largest absolute Gasteiger partial charge is 0.387 e. The lowest BCUT2D eigenvalue weighted by molar-refractivity contribution is 0.174. The van der Waals surface area contributed by atoms with Gasteiger partial charge in [-0.1, -0.05) is 49.9 Å². The van der Waals surface area contributed by atoms with Crippen molar-refractivity contribution in [2.24, 2.45) is 0 Å². The maximum absolute atomic E-state index is 10.1. The molecule has 102 valence electrons. The summed E-state index contributed by atoms with van der Waals surface area (Å²) in [6, 6.07) is 6.22. The van der Waals surface area contributed by atoms with Crippen LogP contribution in [0.2, 0.25) is 0 Å². The Kier molecular flexibility index (Phi) is 6.99. The third-order valence-corrected chi connectivity index (χ3v) is 3.33. The summed E-state index contributed by atoms with van der Waals surface area (Å²) < 4.78 is 0. The highest BCUT2D eigenvalue weighted by Gasteiger charge is 2.09. The first-order valence-electron chi connectivity index (χ1n) is 7.11. The average molecular weight is 249 g/mol. The van der Waals surface area contributed by atoms with Gasteiger partial charge in [0.25, 0.3) is 0 Å². The Balaban J connectivity index is 2.29.